The van der Waals surface area contributed by atoms with Gasteiger partial charge in [-0.1, -0.05) is 51.9 Å². The van der Waals surface area contributed by atoms with Crippen molar-refractivity contribution >= 4 is 25.7 Å². The third-order valence-electron chi connectivity index (χ3n) is 4.24. The molecule has 0 fully saturated rings. The van der Waals surface area contributed by atoms with Gasteiger partial charge in [-0.25, -0.2) is 0 Å². The molecule has 0 aliphatic carbocycles. The molecule has 0 aromatic heterocycles. The van der Waals surface area contributed by atoms with Crippen LogP contribution >= 0.6 is 0 Å². The Bertz CT molecular complexity index is 243. The number of hydrogen-bond acceptors (Lipinski definition) is 1. The van der Waals surface area contributed by atoms with E-state index >= 15 is 0 Å². The minimum absolute atomic E-state index is 0.342. The van der Waals surface area contributed by atoms with Crippen LogP contribution < -0.4 is 0 Å². The first kappa shape index (κ1) is 25.5. The predicted octanol–water partition coefficient (Wildman–Crippen LogP) is 7.31. The van der Waals surface area contributed by atoms with E-state index in [0.717, 1.165) is 24.6 Å². The second-order valence-electron chi connectivity index (χ2n) is 7.58. The summed E-state index contributed by atoms with van der Waals surface area (Å²) in [6.45, 7) is 16.7. The van der Waals surface area contributed by atoms with Crippen molar-refractivity contribution in [3.63, 3.8) is 0 Å². The number of unbranched alkanes of at least 4 members (excludes halogenated alkanes) is 7. The summed E-state index contributed by atoms with van der Waals surface area (Å²) in [5, 5.41) is 8.39. The molecule has 0 rings (SSSR count). The van der Waals surface area contributed by atoms with Gasteiger partial charge >= 0.3 is 79.1 Å². The van der Waals surface area contributed by atoms with E-state index in [1.165, 1.54) is 38.5 Å². The molecule has 2 nitrogen and oxygen atoms in total. The van der Waals surface area contributed by atoms with Gasteiger partial charge in [0.05, 0.1) is 0 Å². The van der Waals surface area contributed by atoms with E-state index in [1.54, 1.807) is 0 Å². The average molecular weight is 434 g/mol. The minimum atomic E-state index is -1.01. The maximum atomic E-state index is 10.2. The first-order chi connectivity index (χ1) is 10.7. The van der Waals surface area contributed by atoms with Crippen LogP contribution in [0.15, 0.2) is 0 Å². The van der Waals surface area contributed by atoms with Gasteiger partial charge in [0.1, 0.15) is 0 Å². The SMILES string of the molecule is CCCCCCCCCCC(=O)O.C[CH](C)[Sn]([CH](C)C)[CH](C)C. The molecule has 1 N–H and O–H groups in total. The molecule has 3 heteroatoms. The molecule has 0 saturated heterocycles. The molecule has 23 heavy (non-hydrogen) atoms. The van der Waals surface area contributed by atoms with Crippen molar-refractivity contribution in [2.45, 2.75) is 118 Å². The van der Waals surface area contributed by atoms with Crippen LogP contribution in [-0.4, -0.2) is 30.8 Å². The molecule has 0 unspecified atom stereocenters. The molecule has 139 valence electrons. The summed E-state index contributed by atoms with van der Waals surface area (Å²) in [5.41, 5.74) is 0. The zero-order valence-electron chi connectivity index (χ0n) is 17.0. The molecule has 0 atom stereocenters. The molecule has 0 aliphatic rings. The Labute approximate surface area is 153 Å². The summed E-state index contributed by atoms with van der Waals surface area (Å²) >= 11 is -1.01. The first-order valence-corrected chi connectivity index (χ1v) is 14.8. The van der Waals surface area contributed by atoms with E-state index in [2.05, 4.69) is 48.5 Å². The number of carbonyl (C=O) groups is 1. The molecular formula is C20H43O2Sn. The monoisotopic (exact) mass is 435 g/mol. The third kappa shape index (κ3) is 18.4. The van der Waals surface area contributed by atoms with E-state index < -0.39 is 25.7 Å². The van der Waals surface area contributed by atoms with Gasteiger partial charge in [-0.3, -0.25) is 4.79 Å². The average Bonchev–Trinajstić information content (AvgIpc) is 2.40. The fourth-order valence-electron chi connectivity index (χ4n) is 3.41. The third-order valence-corrected chi connectivity index (χ3v) is 15.7. The number of carboxylic acids is 1. The summed E-state index contributed by atoms with van der Waals surface area (Å²) in [5.74, 6) is -0.661. The fraction of sp³-hybridized carbons (Fsp3) is 0.950. The second kappa shape index (κ2) is 17.1. The quantitative estimate of drug-likeness (QED) is 0.258. The molecule has 1 radical (unpaired) electrons. The summed E-state index contributed by atoms with van der Waals surface area (Å²) in [6, 6.07) is 0. The molecule has 0 bridgehead atoms. The summed E-state index contributed by atoms with van der Waals surface area (Å²) in [6.07, 6.45) is 10.1. The van der Waals surface area contributed by atoms with E-state index in [-0.39, 0.29) is 0 Å². The maximum absolute atomic E-state index is 10.2. The number of hydrogen-bond donors (Lipinski definition) is 1. The van der Waals surface area contributed by atoms with Gasteiger partial charge in [-0.05, 0) is 6.42 Å². The Morgan fingerprint density at radius 3 is 1.35 bits per heavy atom. The molecule has 0 aromatic rings. The normalized spacial score (nSPS) is 11.3. The Morgan fingerprint density at radius 2 is 1.09 bits per heavy atom. The van der Waals surface area contributed by atoms with Crippen LogP contribution in [0.4, 0.5) is 0 Å². The fourth-order valence-corrected chi connectivity index (χ4v) is 14.8. The second-order valence-corrected chi connectivity index (χ2v) is 20.3. The summed E-state index contributed by atoms with van der Waals surface area (Å²) < 4.78 is 3.09. The molecule has 0 amide bonds. The molecule has 0 aromatic carbocycles. The Balaban J connectivity index is 0. The molecule has 0 saturated carbocycles. The van der Waals surface area contributed by atoms with Crippen LogP contribution in [0.3, 0.4) is 0 Å². The van der Waals surface area contributed by atoms with Gasteiger partial charge < -0.3 is 5.11 Å². The number of aliphatic carboxylic acids is 1. The van der Waals surface area contributed by atoms with Gasteiger partial charge in [0.2, 0.25) is 0 Å². The topological polar surface area (TPSA) is 37.3 Å². The van der Waals surface area contributed by atoms with Crippen LogP contribution in [0.25, 0.3) is 0 Å². The van der Waals surface area contributed by atoms with E-state index in [4.69, 9.17) is 5.11 Å². The van der Waals surface area contributed by atoms with Crippen LogP contribution in [0.5, 0.6) is 0 Å². The predicted molar refractivity (Wildman–Crippen MR) is 106 cm³/mol. The Hall–Kier alpha value is 0.269. The Kier molecular flexibility index (Phi) is 19.0. The molecule has 0 heterocycles. The van der Waals surface area contributed by atoms with Crippen LogP contribution in [0.1, 0.15) is 106 Å². The zero-order chi connectivity index (χ0) is 18.3. The number of rotatable bonds is 12. The van der Waals surface area contributed by atoms with Gasteiger partial charge in [-0.2, -0.15) is 0 Å². The van der Waals surface area contributed by atoms with Gasteiger partial charge in [0, 0.05) is 6.42 Å². The summed E-state index contributed by atoms with van der Waals surface area (Å²) in [7, 11) is 0. The van der Waals surface area contributed by atoms with Crippen molar-refractivity contribution in [2.75, 3.05) is 0 Å². The van der Waals surface area contributed by atoms with Crippen molar-refractivity contribution < 1.29 is 9.90 Å². The van der Waals surface area contributed by atoms with Gasteiger partial charge in [0.15, 0.2) is 0 Å². The molecule has 0 aliphatic heterocycles. The first-order valence-electron chi connectivity index (χ1n) is 9.82. The van der Waals surface area contributed by atoms with Gasteiger partial charge in [0.25, 0.3) is 0 Å². The zero-order valence-corrected chi connectivity index (χ0v) is 19.8. The molecule has 0 spiro atoms. The van der Waals surface area contributed by atoms with Crippen molar-refractivity contribution in [1.29, 1.82) is 0 Å². The van der Waals surface area contributed by atoms with Crippen LogP contribution in [0.2, 0.25) is 11.8 Å². The molecular weight excluding hydrogens is 391 g/mol. The van der Waals surface area contributed by atoms with Crippen molar-refractivity contribution in [3.8, 4) is 0 Å². The van der Waals surface area contributed by atoms with Crippen LogP contribution in [0, 0.1) is 0 Å². The van der Waals surface area contributed by atoms with Crippen molar-refractivity contribution in [1.82, 2.24) is 0 Å². The number of carboxylic acid groups (broad SMARTS) is 1. The standard InChI is InChI=1S/C11H22O2.3C3H7.Sn/c1-2-3-4-5-6-7-8-9-10-11(12)13;3*1-3-2;/h2-10H2,1H3,(H,12,13);3*3H,1-2H3;. The van der Waals surface area contributed by atoms with E-state index in [1.807, 2.05) is 0 Å². The van der Waals surface area contributed by atoms with Gasteiger partial charge in [-0.15, -0.1) is 0 Å². The van der Waals surface area contributed by atoms with Crippen LogP contribution in [-0.2, 0) is 4.79 Å². The van der Waals surface area contributed by atoms with Crippen molar-refractivity contribution in [2.24, 2.45) is 0 Å². The summed E-state index contributed by atoms with van der Waals surface area (Å²) in [4.78, 5) is 10.2. The Morgan fingerprint density at radius 1 is 0.739 bits per heavy atom. The van der Waals surface area contributed by atoms with Crippen molar-refractivity contribution in [3.05, 3.63) is 0 Å². The van der Waals surface area contributed by atoms with E-state index in [0.29, 0.717) is 6.42 Å². The van der Waals surface area contributed by atoms with E-state index in [9.17, 15) is 4.79 Å².